The highest BCUT2D eigenvalue weighted by Gasteiger charge is 2.41. The molecule has 0 unspecified atom stereocenters. The van der Waals surface area contributed by atoms with Crippen LogP contribution in [0.2, 0.25) is 0 Å². The summed E-state index contributed by atoms with van der Waals surface area (Å²) in [6, 6.07) is 35.4. The van der Waals surface area contributed by atoms with Crippen LogP contribution in [0.15, 0.2) is 121 Å². The fourth-order valence-corrected chi connectivity index (χ4v) is 4.28. The molecule has 6 heteroatoms. The van der Waals surface area contributed by atoms with E-state index in [0.29, 0.717) is 29.3 Å². The Balaban J connectivity index is 1.46. The summed E-state index contributed by atoms with van der Waals surface area (Å²) >= 11 is 5.64. The summed E-state index contributed by atoms with van der Waals surface area (Å²) in [5.41, 5.74) is 2.98. The van der Waals surface area contributed by atoms with Gasteiger partial charge in [0.15, 0.2) is 5.11 Å². The number of benzene rings is 4. The van der Waals surface area contributed by atoms with E-state index in [1.54, 1.807) is 30.3 Å². The van der Waals surface area contributed by atoms with Crippen molar-refractivity contribution in [1.82, 2.24) is 0 Å². The third-order valence-corrected chi connectivity index (χ3v) is 6.08. The zero-order chi connectivity index (χ0) is 24.9. The molecule has 0 spiro atoms. The van der Waals surface area contributed by atoms with Crippen LogP contribution < -0.4 is 14.5 Å². The molecule has 176 valence electrons. The topological polar surface area (TPSA) is 49.9 Å². The summed E-state index contributed by atoms with van der Waals surface area (Å²) in [6.07, 6.45) is 1.60. The quantitative estimate of drug-likeness (QED) is 0.189. The maximum Gasteiger partial charge on any atom is 0.270 e. The van der Waals surface area contributed by atoms with Gasteiger partial charge in [-0.15, -0.1) is 0 Å². The summed E-state index contributed by atoms with van der Waals surface area (Å²) in [6.45, 7) is 0.452. The van der Waals surface area contributed by atoms with Crippen molar-refractivity contribution < 1.29 is 14.3 Å². The molecular weight excluding hydrogens is 468 g/mol. The molecule has 1 aliphatic heterocycles. The number of amides is 2. The van der Waals surface area contributed by atoms with Gasteiger partial charge in [0.05, 0.1) is 11.4 Å². The van der Waals surface area contributed by atoms with Gasteiger partial charge in [-0.3, -0.25) is 19.4 Å². The van der Waals surface area contributed by atoms with Crippen LogP contribution in [0.4, 0.5) is 11.4 Å². The minimum atomic E-state index is -0.465. The summed E-state index contributed by atoms with van der Waals surface area (Å²) in [7, 11) is 0. The Bertz CT molecular complexity index is 1360. The van der Waals surface area contributed by atoms with Gasteiger partial charge in [0.1, 0.15) is 17.9 Å². The maximum absolute atomic E-state index is 13.6. The fraction of sp³-hybridized carbons (Fsp3) is 0.0333. The monoisotopic (exact) mass is 490 g/mol. The van der Waals surface area contributed by atoms with Crippen molar-refractivity contribution in [3.63, 3.8) is 0 Å². The standard InChI is InChI=1S/C30H22N2O3S/c33-28-27(20-22-16-18-26(19-17-22)35-21-23-10-4-1-5-11-23)29(34)32(25-14-8-3-9-15-25)30(36)31(28)24-12-6-2-7-13-24/h1-20H,21H2. The molecule has 1 aliphatic rings. The number of hydrogen-bond acceptors (Lipinski definition) is 4. The van der Waals surface area contributed by atoms with Crippen LogP contribution in [-0.2, 0) is 16.2 Å². The van der Waals surface area contributed by atoms with E-state index in [1.807, 2.05) is 91.0 Å². The number of ether oxygens (including phenoxy) is 1. The molecule has 0 atom stereocenters. The SMILES string of the molecule is O=C1C(=Cc2ccc(OCc3ccccc3)cc2)C(=O)N(c2ccccc2)C(=S)N1c1ccccc1. The van der Waals surface area contributed by atoms with E-state index in [4.69, 9.17) is 17.0 Å². The van der Waals surface area contributed by atoms with Gasteiger partial charge >= 0.3 is 0 Å². The molecule has 0 aliphatic carbocycles. The Labute approximate surface area is 214 Å². The molecule has 0 bridgehead atoms. The van der Waals surface area contributed by atoms with E-state index in [0.717, 1.165) is 5.56 Å². The molecule has 36 heavy (non-hydrogen) atoms. The van der Waals surface area contributed by atoms with Crippen LogP contribution in [0.3, 0.4) is 0 Å². The molecule has 1 heterocycles. The number of carbonyl (C=O) groups is 2. The first-order valence-corrected chi connectivity index (χ1v) is 11.8. The van der Waals surface area contributed by atoms with Crippen molar-refractivity contribution in [3.8, 4) is 5.75 Å². The van der Waals surface area contributed by atoms with Gasteiger partial charge in [-0.25, -0.2) is 0 Å². The third kappa shape index (κ3) is 4.80. The first-order chi connectivity index (χ1) is 17.6. The molecule has 4 aromatic rings. The van der Waals surface area contributed by atoms with Gasteiger partial charge < -0.3 is 4.74 Å². The van der Waals surface area contributed by atoms with Crippen molar-refractivity contribution in [1.29, 1.82) is 0 Å². The number of hydrogen-bond donors (Lipinski definition) is 0. The number of nitrogens with zero attached hydrogens (tertiary/aromatic N) is 2. The summed E-state index contributed by atoms with van der Waals surface area (Å²) < 4.78 is 5.85. The van der Waals surface area contributed by atoms with Crippen molar-refractivity contribution in [2.45, 2.75) is 6.61 Å². The Morgan fingerprint density at radius 3 is 1.61 bits per heavy atom. The molecule has 0 saturated carbocycles. The van der Waals surface area contributed by atoms with Gasteiger partial charge in [-0.2, -0.15) is 0 Å². The highest BCUT2D eigenvalue weighted by atomic mass is 32.1. The lowest BCUT2D eigenvalue weighted by atomic mass is 10.0. The lowest BCUT2D eigenvalue weighted by Gasteiger charge is -2.36. The number of rotatable bonds is 6. The van der Waals surface area contributed by atoms with Crippen LogP contribution in [0.5, 0.6) is 5.75 Å². The molecule has 1 saturated heterocycles. The van der Waals surface area contributed by atoms with E-state index in [2.05, 4.69) is 0 Å². The summed E-state index contributed by atoms with van der Waals surface area (Å²) in [4.78, 5) is 29.9. The summed E-state index contributed by atoms with van der Waals surface area (Å²) in [5.74, 6) is -0.235. The Morgan fingerprint density at radius 1 is 0.639 bits per heavy atom. The first-order valence-electron chi connectivity index (χ1n) is 11.4. The van der Waals surface area contributed by atoms with Gasteiger partial charge in [-0.05, 0) is 65.8 Å². The molecule has 5 rings (SSSR count). The fourth-order valence-electron chi connectivity index (χ4n) is 3.91. The van der Waals surface area contributed by atoms with E-state index < -0.39 is 11.8 Å². The third-order valence-electron chi connectivity index (χ3n) is 5.72. The number of anilines is 2. The summed E-state index contributed by atoms with van der Waals surface area (Å²) in [5, 5.41) is 0.115. The van der Waals surface area contributed by atoms with Gasteiger partial charge in [0.25, 0.3) is 11.8 Å². The maximum atomic E-state index is 13.6. The van der Waals surface area contributed by atoms with Crippen LogP contribution in [-0.4, -0.2) is 16.9 Å². The predicted molar refractivity (Wildman–Crippen MR) is 146 cm³/mol. The molecule has 1 fully saturated rings. The van der Waals surface area contributed by atoms with Crippen LogP contribution >= 0.6 is 12.2 Å². The largest absolute Gasteiger partial charge is 0.489 e. The molecule has 0 aromatic heterocycles. The zero-order valence-corrected chi connectivity index (χ0v) is 20.1. The Hall–Kier alpha value is -4.55. The van der Waals surface area contributed by atoms with Crippen LogP contribution in [0, 0.1) is 0 Å². The lowest BCUT2D eigenvalue weighted by Crippen LogP contribution is -2.56. The highest BCUT2D eigenvalue weighted by Crippen LogP contribution is 2.30. The first kappa shape index (κ1) is 23.2. The van der Waals surface area contributed by atoms with E-state index in [1.165, 1.54) is 9.80 Å². The zero-order valence-electron chi connectivity index (χ0n) is 19.3. The molecule has 4 aromatic carbocycles. The Kier molecular flexibility index (Phi) is 6.69. The minimum Gasteiger partial charge on any atom is -0.489 e. The van der Waals surface area contributed by atoms with Crippen molar-refractivity contribution in [2.75, 3.05) is 9.80 Å². The smallest absolute Gasteiger partial charge is 0.270 e. The number of thiocarbonyl (C=S) groups is 1. The molecular formula is C30H22N2O3S. The number of para-hydroxylation sites is 2. The molecule has 0 radical (unpaired) electrons. The highest BCUT2D eigenvalue weighted by molar-refractivity contribution is 7.81. The Morgan fingerprint density at radius 2 is 1.11 bits per heavy atom. The second-order valence-electron chi connectivity index (χ2n) is 8.14. The van der Waals surface area contributed by atoms with Crippen molar-refractivity contribution in [2.24, 2.45) is 0 Å². The average Bonchev–Trinajstić information content (AvgIpc) is 2.92. The molecule has 0 N–H and O–H groups in total. The van der Waals surface area contributed by atoms with Crippen LogP contribution in [0.1, 0.15) is 11.1 Å². The van der Waals surface area contributed by atoms with Crippen LogP contribution in [0.25, 0.3) is 6.08 Å². The minimum absolute atomic E-state index is 0.0225. The van der Waals surface area contributed by atoms with E-state index >= 15 is 0 Å². The van der Waals surface area contributed by atoms with E-state index in [9.17, 15) is 9.59 Å². The second-order valence-corrected chi connectivity index (χ2v) is 8.50. The van der Waals surface area contributed by atoms with Crippen molar-refractivity contribution >= 4 is 46.6 Å². The van der Waals surface area contributed by atoms with Gasteiger partial charge in [0.2, 0.25) is 0 Å². The molecule has 5 nitrogen and oxygen atoms in total. The van der Waals surface area contributed by atoms with Gasteiger partial charge in [-0.1, -0.05) is 78.9 Å². The number of carbonyl (C=O) groups excluding carboxylic acids is 2. The van der Waals surface area contributed by atoms with E-state index in [-0.39, 0.29) is 10.7 Å². The normalized spacial score (nSPS) is 13.7. The molecule has 2 amide bonds. The predicted octanol–water partition coefficient (Wildman–Crippen LogP) is 6.01. The lowest BCUT2D eigenvalue weighted by molar-refractivity contribution is -0.120. The van der Waals surface area contributed by atoms with Crippen molar-refractivity contribution in [3.05, 3.63) is 132 Å². The second kappa shape index (κ2) is 10.4. The van der Waals surface area contributed by atoms with Gasteiger partial charge in [0, 0.05) is 0 Å². The average molecular weight is 491 g/mol.